The molecule has 0 aliphatic rings. The van der Waals surface area contributed by atoms with Crippen molar-refractivity contribution in [2.45, 2.75) is 46.3 Å². The number of rotatable bonds is 5. The molecule has 18 heavy (non-hydrogen) atoms. The number of para-hydroxylation sites is 2. The highest BCUT2D eigenvalue weighted by Gasteiger charge is 2.17. The number of nitrogens with zero attached hydrogens (tertiary/aromatic N) is 2. The standard InChI is InChI=1S/C15H22N2O/c1-4-11(3)10-17-13-9-7-6-8-12(13)16-15(17)14(18)5-2/h6-9,11,14,18H,4-5,10H2,1-3H3. The zero-order valence-corrected chi connectivity index (χ0v) is 11.4. The second-order valence-corrected chi connectivity index (χ2v) is 5.01. The predicted octanol–water partition coefficient (Wildman–Crippen LogP) is 3.53. The van der Waals surface area contributed by atoms with Gasteiger partial charge in [-0.3, -0.25) is 0 Å². The highest BCUT2D eigenvalue weighted by molar-refractivity contribution is 5.76. The van der Waals surface area contributed by atoms with Gasteiger partial charge in [-0.15, -0.1) is 0 Å². The van der Waals surface area contributed by atoms with Gasteiger partial charge in [0.05, 0.1) is 11.0 Å². The van der Waals surface area contributed by atoms with E-state index in [0.29, 0.717) is 12.3 Å². The van der Waals surface area contributed by atoms with Crippen LogP contribution >= 0.6 is 0 Å². The molecule has 98 valence electrons. The minimum absolute atomic E-state index is 0.471. The van der Waals surface area contributed by atoms with Crippen molar-refractivity contribution in [2.24, 2.45) is 5.92 Å². The number of hydrogen-bond donors (Lipinski definition) is 1. The molecule has 0 radical (unpaired) electrons. The Labute approximate surface area is 108 Å². The van der Waals surface area contributed by atoms with Crippen LogP contribution in [0.2, 0.25) is 0 Å². The number of benzene rings is 1. The van der Waals surface area contributed by atoms with Crippen molar-refractivity contribution in [2.75, 3.05) is 0 Å². The van der Waals surface area contributed by atoms with Gasteiger partial charge >= 0.3 is 0 Å². The van der Waals surface area contributed by atoms with Crippen LogP contribution in [0, 0.1) is 5.92 Å². The quantitative estimate of drug-likeness (QED) is 0.876. The van der Waals surface area contributed by atoms with Gasteiger partial charge in [-0.1, -0.05) is 39.3 Å². The van der Waals surface area contributed by atoms with E-state index in [0.717, 1.165) is 29.8 Å². The fraction of sp³-hybridized carbons (Fsp3) is 0.533. The number of aliphatic hydroxyl groups excluding tert-OH is 1. The predicted molar refractivity (Wildman–Crippen MR) is 74.4 cm³/mol. The summed E-state index contributed by atoms with van der Waals surface area (Å²) < 4.78 is 2.18. The third kappa shape index (κ3) is 2.41. The largest absolute Gasteiger partial charge is 0.385 e. The van der Waals surface area contributed by atoms with Crippen LogP contribution in [0.15, 0.2) is 24.3 Å². The summed E-state index contributed by atoms with van der Waals surface area (Å²) in [6.07, 6.45) is 1.36. The maximum atomic E-state index is 10.1. The fourth-order valence-corrected chi connectivity index (χ4v) is 2.16. The summed E-state index contributed by atoms with van der Waals surface area (Å²) in [4.78, 5) is 4.58. The number of aliphatic hydroxyl groups is 1. The molecule has 0 saturated heterocycles. The van der Waals surface area contributed by atoms with E-state index < -0.39 is 6.10 Å². The van der Waals surface area contributed by atoms with Crippen molar-refractivity contribution in [1.29, 1.82) is 0 Å². The van der Waals surface area contributed by atoms with Crippen molar-refractivity contribution in [3.05, 3.63) is 30.1 Å². The lowest BCUT2D eigenvalue weighted by molar-refractivity contribution is 0.158. The van der Waals surface area contributed by atoms with Gasteiger partial charge in [0.2, 0.25) is 0 Å². The lowest BCUT2D eigenvalue weighted by atomic mass is 10.1. The number of imidazole rings is 1. The first kappa shape index (κ1) is 13.1. The molecule has 1 N–H and O–H groups in total. The third-order valence-electron chi connectivity index (χ3n) is 3.56. The van der Waals surface area contributed by atoms with E-state index in [2.05, 4.69) is 29.5 Å². The maximum absolute atomic E-state index is 10.1. The maximum Gasteiger partial charge on any atom is 0.138 e. The molecule has 0 saturated carbocycles. The SMILES string of the molecule is CCC(C)Cn1c(C(O)CC)nc2ccccc21. The highest BCUT2D eigenvalue weighted by Crippen LogP contribution is 2.24. The first-order valence-corrected chi connectivity index (χ1v) is 6.80. The Kier molecular flexibility index (Phi) is 4.02. The fourth-order valence-electron chi connectivity index (χ4n) is 2.16. The lowest BCUT2D eigenvalue weighted by Gasteiger charge is -2.16. The summed E-state index contributed by atoms with van der Waals surface area (Å²) in [5, 5.41) is 10.1. The lowest BCUT2D eigenvalue weighted by Crippen LogP contribution is -2.13. The molecule has 1 heterocycles. The topological polar surface area (TPSA) is 38.0 Å². The normalized spacial score (nSPS) is 14.9. The zero-order chi connectivity index (χ0) is 13.1. The molecule has 0 fully saturated rings. The van der Waals surface area contributed by atoms with E-state index in [-0.39, 0.29) is 0 Å². The van der Waals surface area contributed by atoms with Gasteiger partial charge in [-0.2, -0.15) is 0 Å². The molecule has 3 nitrogen and oxygen atoms in total. The van der Waals surface area contributed by atoms with Gasteiger partial charge in [0.15, 0.2) is 0 Å². The average molecular weight is 246 g/mol. The van der Waals surface area contributed by atoms with E-state index in [1.165, 1.54) is 0 Å². The van der Waals surface area contributed by atoms with E-state index in [1.54, 1.807) is 0 Å². The Morgan fingerprint density at radius 1 is 1.22 bits per heavy atom. The first-order chi connectivity index (χ1) is 8.67. The van der Waals surface area contributed by atoms with Crippen LogP contribution in [-0.2, 0) is 6.54 Å². The van der Waals surface area contributed by atoms with Crippen LogP contribution in [-0.4, -0.2) is 14.7 Å². The van der Waals surface area contributed by atoms with Gasteiger partial charge in [0.1, 0.15) is 11.9 Å². The second kappa shape index (κ2) is 5.53. The van der Waals surface area contributed by atoms with Crippen molar-refractivity contribution >= 4 is 11.0 Å². The third-order valence-corrected chi connectivity index (χ3v) is 3.56. The summed E-state index contributed by atoms with van der Waals surface area (Å²) in [6.45, 7) is 7.33. The molecular formula is C15H22N2O. The molecule has 0 aliphatic carbocycles. The van der Waals surface area contributed by atoms with Crippen LogP contribution in [0.25, 0.3) is 11.0 Å². The molecule has 0 bridgehead atoms. The molecule has 3 heteroatoms. The minimum Gasteiger partial charge on any atom is -0.385 e. The number of aromatic nitrogens is 2. The molecule has 0 amide bonds. The molecule has 2 aromatic rings. The van der Waals surface area contributed by atoms with Crippen molar-refractivity contribution in [1.82, 2.24) is 9.55 Å². The van der Waals surface area contributed by atoms with Crippen molar-refractivity contribution < 1.29 is 5.11 Å². The first-order valence-electron chi connectivity index (χ1n) is 6.80. The monoisotopic (exact) mass is 246 g/mol. The Balaban J connectivity index is 2.50. The van der Waals surface area contributed by atoms with Gasteiger partial charge in [-0.25, -0.2) is 4.98 Å². The summed E-state index contributed by atoms with van der Waals surface area (Å²) in [5.74, 6) is 1.39. The molecule has 2 unspecified atom stereocenters. The highest BCUT2D eigenvalue weighted by atomic mass is 16.3. The van der Waals surface area contributed by atoms with Gasteiger partial charge < -0.3 is 9.67 Å². The van der Waals surface area contributed by atoms with Crippen molar-refractivity contribution in [3.8, 4) is 0 Å². The van der Waals surface area contributed by atoms with Gasteiger partial charge in [-0.05, 0) is 24.5 Å². The Morgan fingerprint density at radius 3 is 2.61 bits per heavy atom. The summed E-state index contributed by atoms with van der Waals surface area (Å²) >= 11 is 0. The summed E-state index contributed by atoms with van der Waals surface area (Å²) in [6, 6.07) is 8.11. The Morgan fingerprint density at radius 2 is 1.94 bits per heavy atom. The number of fused-ring (bicyclic) bond motifs is 1. The Hall–Kier alpha value is -1.35. The average Bonchev–Trinajstić information content (AvgIpc) is 2.77. The van der Waals surface area contributed by atoms with Gasteiger partial charge in [0, 0.05) is 6.54 Å². The molecule has 0 aliphatic heterocycles. The Bertz CT molecular complexity index is 518. The smallest absolute Gasteiger partial charge is 0.138 e. The van der Waals surface area contributed by atoms with Crippen LogP contribution in [0.1, 0.15) is 45.5 Å². The van der Waals surface area contributed by atoms with E-state index in [9.17, 15) is 5.11 Å². The van der Waals surface area contributed by atoms with E-state index in [1.807, 2.05) is 25.1 Å². The molecule has 1 aromatic heterocycles. The van der Waals surface area contributed by atoms with Crippen LogP contribution < -0.4 is 0 Å². The van der Waals surface area contributed by atoms with Crippen molar-refractivity contribution in [3.63, 3.8) is 0 Å². The van der Waals surface area contributed by atoms with E-state index >= 15 is 0 Å². The molecule has 1 aromatic carbocycles. The molecule has 2 rings (SSSR count). The molecule has 0 spiro atoms. The summed E-state index contributed by atoms with van der Waals surface area (Å²) in [7, 11) is 0. The molecular weight excluding hydrogens is 224 g/mol. The minimum atomic E-state index is -0.471. The van der Waals surface area contributed by atoms with Crippen LogP contribution in [0.4, 0.5) is 0 Å². The molecule has 2 atom stereocenters. The second-order valence-electron chi connectivity index (χ2n) is 5.01. The van der Waals surface area contributed by atoms with E-state index in [4.69, 9.17) is 0 Å². The number of hydrogen-bond acceptors (Lipinski definition) is 2. The van der Waals surface area contributed by atoms with Gasteiger partial charge in [0.25, 0.3) is 0 Å². The summed E-state index contributed by atoms with van der Waals surface area (Å²) in [5.41, 5.74) is 2.10. The van der Waals surface area contributed by atoms with Crippen LogP contribution in [0.5, 0.6) is 0 Å². The van der Waals surface area contributed by atoms with Crippen LogP contribution in [0.3, 0.4) is 0 Å². The zero-order valence-electron chi connectivity index (χ0n) is 11.4.